The highest BCUT2D eigenvalue weighted by Gasteiger charge is 2.38. The summed E-state index contributed by atoms with van der Waals surface area (Å²) in [5, 5.41) is 0. The van der Waals surface area contributed by atoms with Crippen molar-refractivity contribution in [1.29, 1.82) is 0 Å². The van der Waals surface area contributed by atoms with Crippen LogP contribution in [0.25, 0.3) is 6.08 Å². The molecule has 1 amide bonds. The first kappa shape index (κ1) is 18.5. The van der Waals surface area contributed by atoms with Crippen LogP contribution >= 0.6 is 24.0 Å². The molecular weight excluding hydrogens is 346 g/mol. The molecule has 1 heterocycles. The molecule has 1 fully saturated rings. The Balaban J connectivity index is 2.15. The number of thioether (sulfide) groups is 1. The molecule has 0 spiro atoms. The van der Waals surface area contributed by atoms with Crippen LogP contribution < -0.4 is 4.74 Å². The summed E-state index contributed by atoms with van der Waals surface area (Å²) in [6.45, 7) is 4.31. The van der Waals surface area contributed by atoms with Gasteiger partial charge in [-0.25, -0.2) is 4.79 Å². The van der Waals surface area contributed by atoms with Gasteiger partial charge in [-0.05, 0) is 37.1 Å². The van der Waals surface area contributed by atoms with Gasteiger partial charge in [0.25, 0.3) is 5.91 Å². The fourth-order valence-electron chi connectivity index (χ4n) is 2.12. The van der Waals surface area contributed by atoms with Gasteiger partial charge in [0.15, 0.2) is 0 Å². The maximum atomic E-state index is 12.5. The SMILES string of the molecule is CCCOc1ccc(/C=C2\SC(=S)N([C@H](C)C(=O)OC)C2=O)cc1. The second kappa shape index (κ2) is 8.30. The smallest absolute Gasteiger partial charge is 0.328 e. The summed E-state index contributed by atoms with van der Waals surface area (Å²) in [6.07, 6.45) is 2.70. The average Bonchev–Trinajstić information content (AvgIpc) is 2.86. The summed E-state index contributed by atoms with van der Waals surface area (Å²) in [5.74, 6) is 0.0139. The lowest BCUT2D eigenvalue weighted by Crippen LogP contribution is -2.42. The molecule has 0 bridgehead atoms. The van der Waals surface area contributed by atoms with Crippen LogP contribution in [-0.2, 0) is 14.3 Å². The summed E-state index contributed by atoms with van der Waals surface area (Å²) < 4.78 is 10.6. The molecule has 1 aromatic rings. The van der Waals surface area contributed by atoms with Crippen LogP contribution in [0.1, 0.15) is 25.8 Å². The quantitative estimate of drug-likeness (QED) is 0.438. The minimum Gasteiger partial charge on any atom is -0.494 e. The van der Waals surface area contributed by atoms with Crippen LogP contribution in [0, 0.1) is 0 Å². The summed E-state index contributed by atoms with van der Waals surface area (Å²) in [5.41, 5.74) is 0.866. The molecule has 0 N–H and O–H groups in total. The van der Waals surface area contributed by atoms with E-state index in [1.807, 2.05) is 31.2 Å². The Bertz CT molecular complexity index is 670. The summed E-state index contributed by atoms with van der Waals surface area (Å²) in [6, 6.07) is 6.74. The maximum absolute atomic E-state index is 12.5. The lowest BCUT2D eigenvalue weighted by Gasteiger charge is -2.20. The number of nitrogens with zero attached hydrogens (tertiary/aromatic N) is 1. The normalized spacial score (nSPS) is 17.3. The standard InChI is InChI=1S/C17H19NO4S2/c1-4-9-22-13-7-5-12(6-8-13)10-14-15(19)18(17(23)24-14)11(2)16(20)21-3/h5-8,10-11H,4,9H2,1-3H3/b14-10-/t11-/m1/s1. The second-order valence-electron chi connectivity index (χ2n) is 5.17. The molecule has 1 aromatic carbocycles. The number of hydrogen-bond donors (Lipinski definition) is 0. The average molecular weight is 365 g/mol. The third-order valence-electron chi connectivity index (χ3n) is 3.40. The highest BCUT2D eigenvalue weighted by molar-refractivity contribution is 8.26. The van der Waals surface area contributed by atoms with Crippen molar-refractivity contribution in [3.8, 4) is 5.75 Å². The van der Waals surface area contributed by atoms with Crippen molar-refractivity contribution in [2.75, 3.05) is 13.7 Å². The predicted octanol–water partition coefficient (Wildman–Crippen LogP) is 3.24. The molecule has 1 atom stereocenters. The Morgan fingerprint density at radius 3 is 2.62 bits per heavy atom. The Morgan fingerprint density at radius 2 is 2.04 bits per heavy atom. The number of thiocarbonyl (C=S) groups is 1. The van der Waals surface area contributed by atoms with Crippen LogP contribution in [0.3, 0.4) is 0 Å². The second-order valence-corrected chi connectivity index (χ2v) is 6.84. The zero-order chi connectivity index (χ0) is 17.7. The molecular formula is C17H19NO4S2. The molecule has 5 nitrogen and oxygen atoms in total. The molecule has 0 saturated carbocycles. The zero-order valence-corrected chi connectivity index (χ0v) is 15.4. The van der Waals surface area contributed by atoms with Gasteiger partial charge in [-0.3, -0.25) is 9.69 Å². The van der Waals surface area contributed by atoms with Crippen molar-refractivity contribution in [3.05, 3.63) is 34.7 Å². The monoisotopic (exact) mass is 365 g/mol. The first-order chi connectivity index (χ1) is 11.5. The molecule has 7 heteroatoms. The summed E-state index contributed by atoms with van der Waals surface area (Å²) in [7, 11) is 1.29. The van der Waals surface area contributed by atoms with Gasteiger partial charge in [0.2, 0.25) is 0 Å². The molecule has 0 unspecified atom stereocenters. The Labute approximate surface area is 151 Å². The van der Waals surface area contributed by atoms with Crippen LogP contribution in [0.5, 0.6) is 5.75 Å². The Kier molecular flexibility index (Phi) is 6.39. The Hall–Kier alpha value is -1.86. The van der Waals surface area contributed by atoms with E-state index in [0.717, 1.165) is 17.7 Å². The summed E-state index contributed by atoms with van der Waals surface area (Å²) >= 11 is 6.40. The molecule has 1 saturated heterocycles. The van der Waals surface area contributed by atoms with Crippen LogP contribution in [0.2, 0.25) is 0 Å². The minimum atomic E-state index is -0.738. The number of ether oxygens (including phenoxy) is 2. The number of amides is 1. The number of benzene rings is 1. The molecule has 0 aliphatic carbocycles. The van der Waals surface area contributed by atoms with E-state index in [4.69, 9.17) is 17.0 Å². The Morgan fingerprint density at radius 1 is 1.38 bits per heavy atom. The highest BCUT2D eigenvalue weighted by Crippen LogP contribution is 2.34. The largest absolute Gasteiger partial charge is 0.494 e. The zero-order valence-electron chi connectivity index (χ0n) is 13.8. The third kappa shape index (κ3) is 4.15. The van der Waals surface area contributed by atoms with E-state index in [9.17, 15) is 9.59 Å². The van der Waals surface area contributed by atoms with Gasteiger partial charge in [-0.2, -0.15) is 0 Å². The number of esters is 1. The van der Waals surface area contributed by atoms with Crippen LogP contribution in [-0.4, -0.2) is 40.9 Å². The number of rotatable bonds is 6. The number of carbonyl (C=O) groups is 2. The van der Waals surface area contributed by atoms with Crippen molar-refractivity contribution in [2.24, 2.45) is 0 Å². The van der Waals surface area contributed by atoms with E-state index < -0.39 is 12.0 Å². The number of methoxy groups -OCH3 is 1. The third-order valence-corrected chi connectivity index (χ3v) is 4.73. The van der Waals surface area contributed by atoms with Crippen LogP contribution in [0.4, 0.5) is 0 Å². The fourth-order valence-corrected chi connectivity index (χ4v) is 3.54. The predicted molar refractivity (Wildman–Crippen MR) is 98.7 cm³/mol. The van der Waals surface area contributed by atoms with E-state index in [1.165, 1.54) is 23.8 Å². The molecule has 1 aliphatic heterocycles. The fraction of sp³-hybridized carbons (Fsp3) is 0.353. The topological polar surface area (TPSA) is 55.8 Å². The molecule has 24 heavy (non-hydrogen) atoms. The minimum absolute atomic E-state index is 0.283. The summed E-state index contributed by atoms with van der Waals surface area (Å²) in [4.78, 5) is 25.9. The molecule has 1 aliphatic rings. The van der Waals surface area contributed by atoms with E-state index in [2.05, 4.69) is 4.74 Å². The molecule has 2 rings (SSSR count). The van der Waals surface area contributed by atoms with Crippen molar-refractivity contribution in [2.45, 2.75) is 26.3 Å². The van der Waals surface area contributed by atoms with Gasteiger partial charge < -0.3 is 9.47 Å². The van der Waals surface area contributed by atoms with Gasteiger partial charge in [-0.1, -0.05) is 43.0 Å². The van der Waals surface area contributed by atoms with Gasteiger partial charge in [0.05, 0.1) is 18.6 Å². The lowest BCUT2D eigenvalue weighted by molar-refractivity contribution is -0.147. The van der Waals surface area contributed by atoms with E-state index in [1.54, 1.807) is 13.0 Å². The van der Waals surface area contributed by atoms with Crippen molar-refractivity contribution < 1.29 is 19.1 Å². The van der Waals surface area contributed by atoms with E-state index in [-0.39, 0.29) is 5.91 Å². The number of carbonyl (C=O) groups excluding carboxylic acids is 2. The van der Waals surface area contributed by atoms with Gasteiger partial charge in [0, 0.05) is 0 Å². The van der Waals surface area contributed by atoms with Gasteiger partial charge in [-0.15, -0.1) is 0 Å². The highest BCUT2D eigenvalue weighted by atomic mass is 32.2. The molecule has 128 valence electrons. The van der Waals surface area contributed by atoms with Crippen molar-refractivity contribution in [3.63, 3.8) is 0 Å². The van der Waals surface area contributed by atoms with E-state index in [0.29, 0.717) is 15.8 Å². The van der Waals surface area contributed by atoms with Crippen molar-refractivity contribution in [1.82, 2.24) is 4.90 Å². The lowest BCUT2D eigenvalue weighted by atomic mass is 10.2. The first-order valence-electron chi connectivity index (χ1n) is 7.55. The first-order valence-corrected chi connectivity index (χ1v) is 8.78. The van der Waals surface area contributed by atoms with Crippen molar-refractivity contribution >= 4 is 46.3 Å². The van der Waals surface area contributed by atoms with Gasteiger partial charge >= 0.3 is 5.97 Å². The number of hydrogen-bond acceptors (Lipinski definition) is 6. The molecule has 0 radical (unpaired) electrons. The molecule has 0 aromatic heterocycles. The maximum Gasteiger partial charge on any atom is 0.328 e. The van der Waals surface area contributed by atoms with Gasteiger partial charge in [0.1, 0.15) is 16.1 Å². The van der Waals surface area contributed by atoms with Crippen LogP contribution in [0.15, 0.2) is 29.2 Å². The van der Waals surface area contributed by atoms with E-state index >= 15 is 0 Å².